The molecule has 0 aromatic carbocycles. The molecule has 0 bridgehead atoms. The smallest absolute Gasteiger partial charge is 0.321 e. The maximum atomic E-state index is 11.2. The van der Waals surface area contributed by atoms with Crippen molar-refractivity contribution in [3.05, 3.63) is 0 Å². The maximum absolute atomic E-state index is 11.2. The summed E-state index contributed by atoms with van der Waals surface area (Å²) in [7, 11) is 1.49. The molecule has 0 saturated carbocycles. The number of carbonyl (C=O) groups is 3. The van der Waals surface area contributed by atoms with Gasteiger partial charge in [0.2, 0.25) is 5.91 Å². The van der Waals surface area contributed by atoms with Gasteiger partial charge in [-0.05, 0) is 6.92 Å². The molecule has 0 aromatic rings. The molecule has 0 heterocycles. The summed E-state index contributed by atoms with van der Waals surface area (Å²) in [6.07, 6.45) is 0. The number of ether oxygens (including phenoxy) is 1. The molecule has 0 radical (unpaired) electrons. The average Bonchev–Trinajstić information content (AvgIpc) is 2.26. The molecule has 4 N–H and O–H groups in total. The molecule has 0 aliphatic heterocycles. The highest BCUT2D eigenvalue weighted by Gasteiger charge is 2.12. The zero-order chi connectivity index (χ0) is 13.3. The lowest BCUT2D eigenvalue weighted by Crippen LogP contribution is -2.46. The first kappa shape index (κ1) is 15.3. The maximum Gasteiger partial charge on any atom is 0.321 e. The second-order valence-corrected chi connectivity index (χ2v) is 3.24. The molecular weight excluding hydrogens is 230 g/mol. The molecule has 0 spiro atoms. The van der Waals surface area contributed by atoms with Crippen molar-refractivity contribution in [1.29, 1.82) is 0 Å². The highest BCUT2D eigenvalue weighted by atomic mass is 16.5. The molecular formula is C9H17N3O5. The minimum Gasteiger partial charge on any atom is -0.480 e. The standard InChI is InChI=1S/C9H17N3O5/c1-6(8(14)15)11-5-7(13)12-9(16)10-3-4-17-2/h6,11H,3-5H2,1-2H3,(H,14,15)(H2,10,12,13,16)/t6-/m0/s1. The summed E-state index contributed by atoms with van der Waals surface area (Å²) in [5.74, 6) is -1.67. The van der Waals surface area contributed by atoms with Crippen LogP contribution in [-0.4, -0.2) is 55.9 Å². The second kappa shape index (κ2) is 8.48. The van der Waals surface area contributed by atoms with Crippen LogP contribution in [-0.2, 0) is 14.3 Å². The predicted molar refractivity (Wildman–Crippen MR) is 58.5 cm³/mol. The summed E-state index contributed by atoms with van der Waals surface area (Å²) in [6, 6.07) is -1.49. The Kier molecular flexibility index (Phi) is 7.65. The minimum atomic E-state index is -1.07. The molecule has 0 unspecified atom stereocenters. The summed E-state index contributed by atoms with van der Waals surface area (Å²) in [4.78, 5) is 32.6. The van der Waals surface area contributed by atoms with Crippen molar-refractivity contribution in [1.82, 2.24) is 16.0 Å². The topological polar surface area (TPSA) is 117 Å². The van der Waals surface area contributed by atoms with Crippen LogP contribution in [0.25, 0.3) is 0 Å². The quantitative estimate of drug-likeness (QED) is 0.408. The number of urea groups is 1. The van der Waals surface area contributed by atoms with Crippen molar-refractivity contribution >= 4 is 17.9 Å². The van der Waals surface area contributed by atoms with Gasteiger partial charge in [0.15, 0.2) is 0 Å². The third kappa shape index (κ3) is 8.17. The Labute approximate surface area is 98.7 Å². The number of carboxylic acids is 1. The van der Waals surface area contributed by atoms with Crippen LogP contribution in [0, 0.1) is 0 Å². The zero-order valence-corrected chi connectivity index (χ0v) is 9.78. The molecule has 0 saturated heterocycles. The van der Waals surface area contributed by atoms with Gasteiger partial charge < -0.3 is 15.2 Å². The van der Waals surface area contributed by atoms with E-state index in [1.807, 2.05) is 5.32 Å². The second-order valence-electron chi connectivity index (χ2n) is 3.24. The fourth-order valence-corrected chi connectivity index (χ4v) is 0.815. The third-order valence-electron chi connectivity index (χ3n) is 1.78. The van der Waals surface area contributed by atoms with E-state index < -0.39 is 23.9 Å². The number of methoxy groups -OCH3 is 1. The van der Waals surface area contributed by atoms with Crippen LogP contribution in [0.3, 0.4) is 0 Å². The SMILES string of the molecule is COCCNC(=O)NC(=O)CN[C@@H](C)C(=O)O. The monoisotopic (exact) mass is 247 g/mol. The van der Waals surface area contributed by atoms with Crippen LogP contribution in [0.5, 0.6) is 0 Å². The highest BCUT2D eigenvalue weighted by molar-refractivity contribution is 5.95. The normalized spacial score (nSPS) is 11.6. The van der Waals surface area contributed by atoms with Crippen molar-refractivity contribution in [2.45, 2.75) is 13.0 Å². The summed E-state index contributed by atoms with van der Waals surface area (Å²) in [5, 5.41) is 15.4. The van der Waals surface area contributed by atoms with Crippen LogP contribution >= 0.6 is 0 Å². The Balaban J connectivity index is 3.71. The lowest BCUT2D eigenvalue weighted by Gasteiger charge is -2.09. The molecule has 3 amide bonds. The molecule has 0 aliphatic rings. The van der Waals surface area contributed by atoms with E-state index in [0.717, 1.165) is 0 Å². The number of imide groups is 1. The van der Waals surface area contributed by atoms with Crippen LogP contribution in [0.4, 0.5) is 4.79 Å². The number of carboxylic acid groups (broad SMARTS) is 1. The summed E-state index contributed by atoms with van der Waals surface area (Å²) >= 11 is 0. The lowest BCUT2D eigenvalue weighted by molar-refractivity contribution is -0.139. The van der Waals surface area contributed by atoms with Gasteiger partial charge in [-0.3, -0.25) is 20.2 Å². The largest absolute Gasteiger partial charge is 0.480 e. The van der Waals surface area contributed by atoms with Crippen LogP contribution in [0.15, 0.2) is 0 Å². The third-order valence-corrected chi connectivity index (χ3v) is 1.78. The van der Waals surface area contributed by atoms with Gasteiger partial charge >= 0.3 is 12.0 Å². The van der Waals surface area contributed by atoms with E-state index >= 15 is 0 Å². The number of amides is 3. The van der Waals surface area contributed by atoms with E-state index in [1.54, 1.807) is 0 Å². The highest BCUT2D eigenvalue weighted by Crippen LogP contribution is 1.79. The first-order valence-corrected chi connectivity index (χ1v) is 5.00. The Bertz CT molecular complexity index is 282. The summed E-state index contributed by atoms with van der Waals surface area (Å²) in [5.41, 5.74) is 0. The molecule has 8 heteroatoms. The van der Waals surface area contributed by atoms with Gasteiger partial charge in [0.05, 0.1) is 13.2 Å². The molecule has 1 atom stereocenters. The molecule has 0 aliphatic carbocycles. The van der Waals surface area contributed by atoms with E-state index in [2.05, 4.69) is 10.6 Å². The van der Waals surface area contributed by atoms with Gasteiger partial charge in [0, 0.05) is 13.7 Å². The first-order chi connectivity index (χ1) is 7.97. The van der Waals surface area contributed by atoms with Crippen LogP contribution in [0.1, 0.15) is 6.92 Å². The van der Waals surface area contributed by atoms with E-state index in [0.29, 0.717) is 6.61 Å². The van der Waals surface area contributed by atoms with Crippen molar-refractivity contribution < 1.29 is 24.2 Å². The van der Waals surface area contributed by atoms with Crippen molar-refractivity contribution in [3.63, 3.8) is 0 Å². The van der Waals surface area contributed by atoms with Gasteiger partial charge in [-0.25, -0.2) is 4.79 Å². The van der Waals surface area contributed by atoms with E-state index in [-0.39, 0.29) is 13.1 Å². The Hall–Kier alpha value is -1.67. The summed E-state index contributed by atoms with van der Waals surface area (Å²) in [6.45, 7) is 1.78. The zero-order valence-electron chi connectivity index (χ0n) is 9.78. The molecule has 17 heavy (non-hydrogen) atoms. The summed E-state index contributed by atoms with van der Waals surface area (Å²) < 4.78 is 4.70. The van der Waals surface area contributed by atoms with Crippen LogP contribution in [0.2, 0.25) is 0 Å². The lowest BCUT2D eigenvalue weighted by atomic mass is 10.3. The van der Waals surface area contributed by atoms with E-state index in [1.165, 1.54) is 14.0 Å². The fourth-order valence-electron chi connectivity index (χ4n) is 0.815. The number of hydrogen-bond donors (Lipinski definition) is 4. The van der Waals surface area contributed by atoms with Gasteiger partial charge in [-0.1, -0.05) is 0 Å². The van der Waals surface area contributed by atoms with Crippen molar-refractivity contribution in [2.75, 3.05) is 26.8 Å². The Morgan fingerprint density at radius 1 is 1.35 bits per heavy atom. The van der Waals surface area contributed by atoms with Crippen LogP contribution < -0.4 is 16.0 Å². The molecule has 0 aromatic heterocycles. The van der Waals surface area contributed by atoms with Gasteiger partial charge in [-0.15, -0.1) is 0 Å². The number of aliphatic carboxylic acids is 1. The average molecular weight is 247 g/mol. The van der Waals surface area contributed by atoms with E-state index in [4.69, 9.17) is 9.84 Å². The Morgan fingerprint density at radius 2 is 2.00 bits per heavy atom. The number of rotatable bonds is 7. The molecule has 0 fully saturated rings. The van der Waals surface area contributed by atoms with Gasteiger partial charge in [0.25, 0.3) is 0 Å². The number of carbonyl (C=O) groups excluding carboxylic acids is 2. The number of nitrogens with one attached hydrogen (secondary N) is 3. The Morgan fingerprint density at radius 3 is 2.53 bits per heavy atom. The minimum absolute atomic E-state index is 0.245. The fraction of sp³-hybridized carbons (Fsp3) is 0.667. The van der Waals surface area contributed by atoms with Crippen molar-refractivity contribution in [2.24, 2.45) is 0 Å². The van der Waals surface area contributed by atoms with Crippen molar-refractivity contribution in [3.8, 4) is 0 Å². The van der Waals surface area contributed by atoms with Gasteiger partial charge in [0.1, 0.15) is 6.04 Å². The molecule has 8 nitrogen and oxygen atoms in total. The van der Waals surface area contributed by atoms with Gasteiger partial charge in [-0.2, -0.15) is 0 Å². The van der Waals surface area contributed by atoms with E-state index in [9.17, 15) is 14.4 Å². The molecule has 98 valence electrons. The number of hydrogen-bond acceptors (Lipinski definition) is 5. The first-order valence-electron chi connectivity index (χ1n) is 5.00. The molecule has 0 rings (SSSR count). The predicted octanol–water partition coefficient (Wildman–Crippen LogP) is -1.48.